The summed E-state index contributed by atoms with van der Waals surface area (Å²) in [7, 11) is 0. The number of rotatable bonds is 4. The third-order valence-corrected chi connectivity index (χ3v) is 2.77. The molecule has 0 spiro atoms. The summed E-state index contributed by atoms with van der Waals surface area (Å²) < 4.78 is 0. The average Bonchev–Trinajstić information content (AvgIpc) is 2.19. The lowest BCUT2D eigenvalue weighted by Gasteiger charge is -2.32. The van der Waals surface area contributed by atoms with Gasteiger partial charge in [0.15, 0.2) is 0 Å². The van der Waals surface area contributed by atoms with Crippen molar-refractivity contribution in [3.8, 4) is 0 Å². The number of aliphatic hydroxyl groups excluding tert-OH is 1. The van der Waals surface area contributed by atoms with Gasteiger partial charge in [-0.25, -0.2) is 0 Å². The number of hydrogen-bond acceptors (Lipinski definition) is 3. The number of piperidine rings is 1. The van der Waals surface area contributed by atoms with Crippen molar-refractivity contribution in [2.75, 3.05) is 26.2 Å². The van der Waals surface area contributed by atoms with Crippen LogP contribution >= 0.6 is 0 Å². The quantitative estimate of drug-likeness (QED) is 0.554. The molecule has 0 aliphatic carbocycles. The number of aliphatic hydroxyl groups is 1. The highest BCUT2D eigenvalue weighted by Crippen LogP contribution is 2.25. The largest absolute Gasteiger partial charge is 0.396 e. The maximum atomic E-state index is 11.8. The molecular formula is C10H20N2O2. The Morgan fingerprint density at radius 2 is 2.43 bits per heavy atom. The summed E-state index contributed by atoms with van der Waals surface area (Å²) in [6, 6.07) is 0. The molecule has 4 heteroatoms. The molecule has 14 heavy (non-hydrogen) atoms. The molecule has 1 amide bonds. The second kappa shape index (κ2) is 5.32. The van der Waals surface area contributed by atoms with Gasteiger partial charge in [0.05, 0.1) is 5.41 Å². The minimum atomic E-state index is -0.256. The minimum absolute atomic E-state index is 0.109. The second-order valence-corrected chi connectivity index (χ2v) is 4.17. The van der Waals surface area contributed by atoms with Crippen LogP contribution in [-0.2, 0) is 4.79 Å². The molecule has 4 nitrogen and oxygen atoms in total. The molecule has 1 saturated heterocycles. The van der Waals surface area contributed by atoms with Crippen LogP contribution in [0.1, 0.15) is 26.2 Å². The van der Waals surface area contributed by atoms with E-state index >= 15 is 0 Å². The smallest absolute Gasteiger partial charge is 0.227 e. The van der Waals surface area contributed by atoms with Crippen LogP contribution in [0.3, 0.4) is 0 Å². The van der Waals surface area contributed by atoms with Gasteiger partial charge in [-0.2, -0.15) is 0 Å². The maximum absolute atomic E-state index is 11.8. The van der Waals surface area contributed by atoms with Crippen LogP contribution in [0, 0.1) is 5.41 Å². The van der Waals surface area contributed by atoms with Gasteiger partial charge in [-0.15, -0.1) is 0 Å². The zero-order valence-electron chi connectivity index (χ0n) is 8.81. The lowest BCUT2D eigenvalue weighted by atomic mass is 9.82. The molecule has 1 atom stereocenters. The van der Waals surface area contributed by atoms with Gasteiger partial charge in [0.2, 0.25) is 5.91 Å². The first kappa shape index (κ1) is 11.5. The third kappa shape index (κ3) is 2.96. The first-order chi connectivity index (χ1) is 6.69. The molecule has 1 fully saturated rings. The van der Waals surface area contributed by atoms with Crippen LogP contribution in [0.5, 0.6) is 0 Å². The van der Waals surface area contributed by atoms with Crippen molar-refractivity contribution in [1.82, 2.24) is 10.6 Å². The zero-order valence-corrected chi connectivity index (χ0v) is 8.81. The van der Waals surface area contributed by atoms with E-state index in [1.54, 1.807) is 0 Å². The van der Waals surface area contributed by atoms with Gasteiger partial charge in [-0.3, -0.25) is 4.79 Å². The Balaban J connectivity index is 2.33. The van der Waals surface area contributed by atoms with Crippen molar-refractivity contribution >= 4 is 5.91 Å². The van der Waals surface area contributed by atoms with Gasteiger partial charge in [-0.1, -0.05) is 0 Å². The molecule has 0 bridgehead atoms. The van der Waals surface area contributed by atoms with Crippen molar-refractivity contribution in [2.24, 2.45) is 5.41 Å². The van der Waals surface area contributed by atoms with E-state index in [1.165, 1.54) is 0 Å². The molecular weight excluding hydrogens is 180 g/mol. The van der Waals surface area contributed by atoms with Crippen molar-refractivity contribution in [3.05, 3.63) is 0 Å². The normalized spacial score (nSPS) is 27.3. The summed E-state index contributed by atoms with van der Waals surface area (Å²) in [5.74, 6) is 0.109. The highest BCUT2D eigenvalue weighted by atomic mass is 16.3. The van der Waals surface area contributed by atoms with Gasteiger partial charge in [0, 0.05) is 19.7 Å². The number of carbonyl (C=O) groups is 1. The fourth-order valence-corrected chi connectivity index (χ4v) is 1.74. The highest BCUT2D eigenvalue weighted by molar-refractivity contribution is 5.82. The van der Waals surface area contributed by atoms with Gasteiger partial charge in [0.25, 0.3) is 0 Å². The predicted octanol–water partition coefficient (Wildman–Crippen LogP) is -0.125. The van der Waals surface area contributed by atoms with Crippen LogP contribution in [0.25, 0.3) is 0 Å². The Hall–Kier alpha value is -0.610. The SMILES string of the molecule is CC1(C(=O)NCCCO)CCCNC1. The standard InChI is InChI=1S/C10H20N2O2/c1-10(4-2-5-11-8-10)9(14)12-6-3-7-13/h11,13H,2-8H2,1H3,(H,12,14). The lowest BCUT2D eigenvalue weighted by molar-refractivity contribution is -0.131. The molecule has 1 rings (SSSR count). The van der Waals surface area contributed by atoms with E-state index < -0.39 is 0 Å². The summed E-state index contributed by atoms with van der Waals surface area (Å²) in [4.78, 5) is 11.8. The zero-order chi connectivity index (χ0) is 10.4. The van der Waals surface area contributed by atoms with Crippen molar-refractivity contribution in [1.29, 1.82) is 0 Å². The van der Waals surface area contributed by atoms with E-state index in [0.29, 0.717) is 13.0 Å². The van der Waals surface area contributed by atoms with E-state index in [9.17, 15) is 4.79 Å². The highest BCUT2D eigenvalue weighted by Gasteiger charge is 2.33. The molecule has 1 unspecified atom stereocenters. The lowest BCUT2D eigenvalue weighted by Crippen LogP contribution is -2.48. The van der Waals surface area contributed by atoms with Gasteiger partial charge in [0.1, 0.15) is 0 Å². The second-order valence-electron chi connectivity index (χ2n) is 4.17. The molecule has 0 aromatic heterocycles. The molecule has 0 aromatic rings. The maximum Gasteiger partial charge on any atom is 0.227 e. The van der Waals surface area contributed by atoms with E-state index in [1.807, 2.05) is 6.92 Å². The minimum Gasteiger partial charge on any atom is -0.396 e. The van der Waals surface area contributed by atoms with Crippen LogP contribution in [0.4, 0.5) is 0 Å². The Labute approximate surface area is 85.1 Å². The van der Waals surface area contributed by atoms with Crippen LogP contribution in [0.15, 0.2) is 0 Å². The number of amides is 1. The molecule has 1 heterocycles. The molecule has 1 aliphatic rings. The van der Waals surface area contributed by atoms with E-state index in [2.05, 4.69) is 10.6 Å². The van der Waals surface area contributed by atoms with E-state index in [4.69, 9.17) is 5.11 Å². The topological polar surface area (TPSA) is 61.4 Å². The van der Waals surface area contributed by atoms with Crippen LogP contribution < -0.4 is 10.6 Å². The summed E-state index contributed by atoms with van der Waals surface area (Å²) >= 11 is 0. The van der Waals surface area contributed by atoms with Crippen molar-refractivity contribution in [2.45, 2.75) is 26.2 Å². The fraction of sp³-hybridized carbons (Fsp3) is 0.900. The first-order valence-corrected chi connectivity index (χ1v) is 5.29. The number of carbonyl (C=O) groups excluding carboxylic acids is 1. The van der Waals surface area contributed by atoms with Gasteiger partial charge in [-0.05, 0) is 32.7 Å². The number of hydrogen-bond donors (Lipinski definition) is 3. The fourth-order valence-electron chi connectivity index (χ4n) is 1.74. The Kier molecular flexibility index (Phi) is 4.35. The summed E-state index contributed by atoms with van der Waals surface area (Å²) in [6.45, 7) is 4.48. The average molecular weight is 200 g/mol. The van der Waals surface area contributed by atoms with Crippen LogP contribution in [0.2, 0.25) is 0 Å². The Morgan fingerprint density at radius 3 is 3.00 bits per heavy atom. The van der Waals surface area contributed by atoms with Gasteiger partial charge < -0.3 is 15.7 Å². The van der Waals surface area contributed by atoms with E-state index in [0.717, 1.165) is 25.9 Å². The van der Waals surface area contributed by atoms with Crippen LogP contribution in [-0.4, -0.2) is 37.3 Å². The Bertz CT molecular complexity index is 189. The van der Waals surface area contributed by atoms with Crippen molar-refractivity contribution < 1.29 is 9.90 Å². The molecule has 1 aliphatic heterocycles. The monoisotopic (exact) mass is 200 g/mol. The number of nitrogens with one attached hydrogen (secondary N) is 2. The molecule has 0 aromatic carbocycles. The molecule has 0 radical (unpaired) electrons. The van der Waals surface area contributed by atoms with Gasteiger partial charge >= 0.3 is 0 Å². The molecule has 82 valence electrons. The van der Waals surface area contributed by atoms with E-state index in [-0.39, 0.29) is 17.9 Å². The summed E-state index contributed by atoms with van der Waals surface area (Å²) in [5, 5.41) is 14.7. The molecule has 0 saturated carbocycles. The third-order valence-electron chi connectivity index (χ3n) is 2.77. The molecule has 3 N–H and O–H groups in total. The first-order valence-electron chi connectivity index (χ1n) is 5.29. The predicted molar refractivity (Wildman–Crippen MR) is 54.9 cm³/mol. The van der Waals surface area contributed by atoms with Crippen molar-refractivity contribution in [3.63, 3.8) is 0 Å². The summed E-state index contributed by atoms with van der Waals surface area (Å²) in [5.41, 5.74) is -0.256. The Morgan fingerprint density at radius 1 is 1.64 bits per heavy atom. The summed E-state index contributed by atoms with van der Waals surface area (Å²) in [6.07, 6.45) is 2.64.